The fourth-order valence-corrected chi connectivity index (χ4v) is 2.21. The van der Waals surface area contributed by atoms with Gasteiger partial charge >= 0.3 is 5.97 Å². The molecule has 0 saturated heterocycles. The summed E-state index contributed by atoms with van der Waals surface area (Å²) in [6.45, 7) is 5.24. The first-order valence-electron chi connectivity index (χ1n) is 8.29. The number of carbonyl (C=O) groups is 2. The molecule has 0 unspecified atom stereocenters. The monoisotopic (exact) mass is 345 g/mol. The highest BCUT2D eigenvalue weighted by atomic mass is 16.5. The number of esters is 1. The number of methoxy groups -OCH3 is 1. The van der Waals surface area contributed by atoms with Crippen LogP contribution in [-0.4, -0.2) is 35.4 Å². The fraction of sp³-hybridized carbons (Fsp3) is 0.389. The second-order valence-corrected chi connectivity index (χ2v) is 5.48. The highest BCUT2D eigenvalue weighted by molar-refractivity contribution is 6.05. The van der Waals surface area contributed by atoms with E-state index in [1.807, 2.05) is 13.8 Å². The third-order valence-electron chi connectivity index (χ3n) is 3.43. The van der Waals surface area contributed by atoms with Crippen LogP contribution in [0.15, 0.2) is 30.5 Å². The normalized spacial score (nSPS) is 10.4. The molecule has 0 saturated carbocycles. The van der Waals surface area contributed by atoms with E-state index in [1.165, 1.54) is 7.11 Å². The van der Waals surface area contributed by atoms with E-state index in [0.29, 0.717) is 35.8 Å². The lowest BCUT2D eigenvalue weighted by Gasteiger charge is -2.06. The Balaban J connectivity index is 2.14. The predicted octanol–water partition coefficient (Wildman–Crippen LogP) is 3.12. The minimum Gasteiger partial charge on any atom is -0.476 e. The van der Waals surface area contributed by atoms with Gasteiger partial charge in [0, 0.05) is 18.4 Å². The first-order valence-corrected chi connectivity index (χ1v) is 8.29. The lowest BCUT2D eigenvalue weighted by Crippen LogP contribution is -2.13. The molecule has 2 aromatic rings. The van der Waals surface area contributed by atoms with E-state index >= 15 is 0 Å². The van der Waals surface area contributed by atoms with Gasteiger partial charge in [-0.2, -0.15) is 0 Å². The van der Waals surface area contributed by atoms with Gasteiger partial charge in [-0.25, -0.2) is 4.79 Å². The number of aromatic nitrogens is 2. The average Bonchev–Trinajstić information content (AvgIpc) is 3.03. The number of nitrogens with one attached hydrogen (secondary N) is 1. The summed E-state index contributed by atoms with van der Waals surface area (Å²) in [6.07, 6.45) is 3.42. The summed E-state index contributed by atoms with van der Waals surface area (Å²) in [5.41, 5.74) is 1.38. The zero-order chi connectivity index (χ0) is 18.2. The summed E-state index contributed by atoms with van der Waals surface area (Å²) in [7, 11) is 1.32. The van der Waals surface area contributed by atoms with E-state index in [4.69, 9.17) is 4.74 Å². The summed E-state index contributed by atoms with van der Waals surface area (Å²) in [5.74, 6) is -0.396. The van der Waals surface area contributed by atoms with Crippen LogP contribution in [0, 0.1) is 0 Å². The molecule has 1 aromatic heterocycles. The summed E-state index contributed by atoms with van der Waals surface area (Å²) < 4.78 is 11.9. The van der Waals surface area contributed by atoms with E-state index in [0.717, 1.165) is 12.8 Å². The summed E-state index contributed by atoms with van der Waals surface area (Å²) in [5, 5.41) is 7.11. The Hall–Kier alpha value is -2.83. The molecule has 1 amide bonds. The third kappa shape index (κ3) is 4.82. The Morgan fingerprint density at radius 2 is 1.88 bits per heavy atom. The minimum absolute atomic E-state index is 0.306. The number of amides is 1. The molecule has 1 N–H and O–H groups in total. The Bertz CT molecular complexity index is 722. The van der Waals surface area contributed by atoms with E-state index in [1.54, 1.807) is 35.1 Å². The van der Waals surface area contributed by atoms with Gasteiger partial charge < -0.3 is 14.8 Å². The maximum atomic E-state index is 12.6. The molecule has 25 heavy (non-hydrogen) atoms. The molecule has 0 aliphatic heterocycles. The minimum atomic E-state index is -0.422. The zero-order valence-electron chi connectivity index (χ0n) is 14.7. The van der Waals surface area contributed by atoms with E-state index in [9.17, 15) is 9.59 Å². The average molecular weight is 345 g/mol. The highest BCUT2D eigenvalue weighted by Gasteiger charge is 2.18. The number of rotatable bonds is 8. The quantitative estimate of drug-likeness (QED) is 0.743. The van der Waals surface area contributed by atoms with Crippen molar-refractivity contribution in [3.63, 3.8) is 0 Å². The van der Waals surface area contributed by atoms with Gasteiger partial charge in [0.1, 0.15) is 5.56 Å². The molecule has 1 aromatic carbocycles. The van der Waals surface area contributed by atoms with Crippen LogP contribution in [0.25, 0.3) is 0 Å². The fourth-order valence-electron chi connectivity index (χ4n) is 2.21. The Morgan fingerprint density at radius 3 is 2.48 bits per heavy atom. The standard InChI is InChI=1S/C18H23N3O4/c1-4-10-21-12-15(17(20-21)25-11-5-2)16(22)19-14-8-6-13(7-9-14)18(23)24-3/h6-9,12H,4-5,10-11H2,1-3H3,(H,19,22). The number of carbonyl (C=O) groups excluding carboxylic acids is 2. The first-order chi connectivity index (χ1) is 12.1. The van der Waals surface area contributed by atoms with Crippen molar-refractivity contribution in [1.82, 2.24) is 9.78 Å². The Labute approximate surface area is 146 Å². The molecule has 2 rings (SSSR count). The van der Waals surface area contributed by atoms with Gasteiger partial charge in [-0.15, -0.1) is 5.10 Å². The molecule has 134 valence electrons. The molecule has 0 fully saturated rings. The molecular formula is C18H23N3O4. The van der Waals surface area contributed by atoms with E-state index in [2.05, 4.69) is 15.2 Å². The topological polar surface area (TPSA) is 82.5 Å². The zero-order valence-corrected chi connectivity index (χ0v) is 14.7. The molecule has 0 aliphatic carbocycles. The van der Waals surface area contributed by atoms with Crippen molar-refractivity contribution in [2.75, 3.05) is 19.0 Å². The molecular weight excluding hydrogens is 322 g/mol. The van der Waals surface area contributed by atoms with Crippen LogP contribution in [0.3, 0.4) is 0 Å². The number of nitrogens with zero attached hydrogens (tertiary/aromatic N) is 2. The number of hydrogen-bond donors (Lipinski definition) is 1. The lowest BCUT2D eigenvalue weighted by atomic mass is 10.2. The van der Waals surface area contributed by atoms with Crippen LogP contribution in [0.4, 0.5) is 5.69 Å². The Morgan fingerprint density at radius 1 is 1.16 bits per heavy atom. The van der Waals surface area contributed by atoms with Gasteiger partial charge in [0.15, 0.2) is 0 Å². The van der Waals surface area contributed by atoms with Crippen LogP contribution >= 0.6 is 0 Å². The summed E-state index contributed by atoms with van der Waals surface area (Å²) >= 11 is 0. The van der Waals surface area contributed by atoms with Gasteiger partial charge in [-0.05, 0) is 37.1 Å². The molecule has 1 heterocycles. The maximum absolute atomic E-state index is 12.6. The molecule has 0 radical (unpaired) electrons. The van der Waals surface area contributed by atoms with Crippen molar-refractivity contribution < 1.29 is 19.1 Å². The van der Waals surface area contributed by atoms with E-state index < -0.39 is 5.97 Å². The first kappa shape index (κ1) is 18.5. The molecule has 7 heteroatoms. The van der Waals surface area contributed by atoms with Gasteiger partial charge in [0.2, 0.25) is 5.88 Å². The number of benzene rings is 1. The van der Waals surface area contributed by atoms with Gasteiger partial charge in [-0.1, -0.05) is 13.8 Å². The van der Waals surface area contributed by atoms with Crippen LogP contribution in [-0.2, 0) is 11.3 Å². The molecule has 0 aliphatic rings. The van der Waals surface area contributed by atoms with Gasteiger partial charge in [0.05, 0.1) is 19.3 Å². The molecule has 0 bridgehead atoms. The van der Waals surface area contributed by atoms with Crippen molar-refractivity contribution in [1.29, 1.82) is 0 Å². The van der Waals surface area contributed by atoms with Crippen molar-refractivity contribution in [3.05, 3.63) is 41.6 Å². The highest BCUT2D eigenvalue weighted by Crippen LogP contribution is 2.19. The predicted molar refractivity (Wildman–Crippen MR) is 94.0 cm³/mol. The molecule has 0 atom stereocenters. The SMILES string of the molecule is CCCOc1nn(CCC)cc1C(=O)Nc1ccc(C(=O)OC)cc1. The number of ether oxygens (including phenoxy) is 2. The van der Waals surface area contributed by atoms with Crippen molar-refractivity contribution in [2.45, 2.75) is 33.2 Å². The van der Waals surface area contributed by atoms with Crippen LogP contribution in [0.2, 0.25) is 0 Å². The maximum Gasteiger partial charge on any atom is 0.337 e. The van der Waals surface area contributed by atoms with Crippen LogP contribution in [0.5, 0.6) is 5.88 Å². The Kier molecular flexibility index (Phi) is 6.56. The lowest BCUT2D eigenvalue weighted by molar-refractivity contribution is 0.0600. The summed E-state index contributed by atoms with van der Waals surface area (Å²) in [6, 6.07) is 6.48. The van der Waals surface area contributed by atoms with Crippen molar-refractivity contribution in [3.8, 4) is 5.88 Å². The van der Waals surface area contributed by atoms with Gasteiger partial charge in [0.25, 0.3) is 5.91 Å². The third-order valence-corrected chi connectivity index (χ3v) is 3.43. The van der Waals surface area contributed by atoms with Crippen LogP contribution < -0.4 is 10.1 Å². The smallest absolute Gasteiger partial charge is 0.337 e. The number of hydrogen-bond acceptors (Lipinski definition) is 5. The van der Waals surface area contributed by atoms with Crippen molar-refractivity contribution in [2.24, 2.45) is 0 Å². The summed E-state index contributed by atoms with van der Waals surface area (Å²) in [4.78, 5) is 24.0. The molecule has 0 spiro atoms. The second-order valence-electron chi connectivity index (χ2n) is 5.48. The number of aryl methyl sites for hydroxylation is 1. The van der Waals surface area contributed by atoms with Gasteiger partial charge in [-0.3, -0.25) is 9.48 Å². The van der Waals surface area contributed by atoms with Crippen LogP contribution in [0.1, 0.15) is 47.4 Å². The second kappa shape index (κ2) is 8.86. The largest absolute Gasteiger partial charge is 0.476 e. The van der Waals surface area contributed by atoms with Crippen molar-refractivity contribution >= 4 is 17.6 Å². The van der Waals surface area contributed by atoms with E-state index in [-0.39, 0.29) is 5.91 Å². The number of anilines is 1. The molecule has 7 nitrogen and oxygen atoms in total.